The zero-order valence-electron chi connectivity index (χ0n) is 11.8. The van der Waals surface area contributed by atoms with Crippen LogP contribution in [0.3, 0.4) is 0 Å². The second-order valence-electron chi connectivity index (χ2n) is 4.67. The van der Waals surface area contributed by atoms with E-state index in [1.165, 1.54) is 0 Å². The van der Waals surface area contributed by atoms with Gasteiger partial charge in [0.2, 0.25) is 0 Å². The Morgan fingerprint density at radius 1 is 1.09 bits per heavy atom. The van der Waals surface area contributed by atoms with E-state index in [1.807, 2.05) is 6.07 Å². The summed E-state index contributed by atoms with van der Waals surface area (Å²) in [6.07, 6.45) is 0. The predicted octanol–water partition coefficient (Wildman–Crippen LogP) is 4.93. The average Bonchev–Trinajstić information content (AvgIpc) is 2.43. The third kappa shape index (κ3) is 6.06. The van der Waals surface area contributed by atoms with E-state index in [-0.39, 0.29) is 12.4 Å². The highest BCUT2D eigenvalue weighted by molar-refractivity contribution is 6.35. The highest BCUT2D eigenvalue weighted by Gasteiger charge is 2.09. The molecule has 0 bridgehead atoms. The standard InChI is InChI=1S/C15H12Cl3N3O2/c16-11-3-1-2-10(4-11)8-19-15(9-21(22)23)20-14-6-12(17)5-13(18)7-14/h1-7H,8-9H2,(H,19,20). The summed E-state index contributed by atoms with van der Waals surface area (Å²) in [6.45, 7) is -0.171. The Bertz CT molecular complexity index is 730. The van der Waals surface area contributed by atoms with Crippen LogP contribution in [0.5, 0.6) is 0 Å². The molecular weight excluding hydrogens is 361 g/mol. The third-order valence-corrected chi connectivity index (χ3v) is 3.44. The average molecular weight is 373 g/mol. The molecule has 5 nitrogen and oxygen atoms in total. The molecule has 2 rings (SSSR count). The smallest absolute Gasteiger partial charge is 0.260 e. The van der Waals surface area contributed by atoms with Crippen molar-refractivity contribution in [3.63, 3.8) is 0 Å². The molecule has 0 aliphatic rings. The van der Waals surface area contributed by atoms with Crippen LogP contribution in [0.25, 0.3) is 0 Å². The van der Waals surface area contributed by atoms with E-state index in [2.05, 4.69) is 10.3 Å². The molecule has 0 radical (unpaired) electrons. The number of halogens is 3. The van der Waals surface area contributed by atoms with Gasteiger partial charge in [-0.2, -0.15) is 0 Å². The molecule has 0 saturated heterocycles. The fourth-order valence-electron chi connectivity index (χ4n) is 1.87. The number of anilines is 1. The third-order valence-electron chi connectivity index (χ3n) is 2.77. The molecule has 0 fully saturated rings. The summed E-state index contributed by atoms with van der Waals surface area (Å²) < 4.78 is 0. The minimum absolute atomic E-state index is 0.202. The summed E-state index contributed by atoms with van der Waals surface area (Å²) in [5.74, 6) is 0.202. The van der Waals surface area contributed by atoms with Crippen LogP contribution in [0.2, 0.25) is 15.1 Å². The molecule has 2 aromatic carbocycles. The monoisotopic (exact) mass is 371 g/mol. The van der Waals surface area contributed by atoms with Gasteiger partial charge in [0.25, 0.3) is 6.54 Å². The molecule has 120 valence electrons. The number of rotatable bonds is 5. The van der Waals surface area contributed by atoms with E-state index in [0.29, 0.717) is 20.8 Å². The first-order chi connectivity index (χ1) is 10.9. The number of nitro groups is 1. The molecule has 0 amide bonds. The van der Waals surface area contributed by atoms with Crippen LogP contribution in [0.4, 0.5) is 5.69 Å². The van der Waals surface area contributed by atoms with Crippen molar-refractivity contribution in [1.29, 1.82) is 0 Å². The second kappa shape index (κ2) is 8.15. The number of nitrogens with one attached hydrogen (secondary N) is 1. The van der Waals surface area contributed by atoms with Crippen LogP contribution in [0, 0.1) is 10.1 Å². The lowest BCUT2D eigenvalue weighted by Crippen LogP contribution is -2.22. The zero-order valence-corrected chi connectivity index (χ0v) is 14.1. The second-order valence-corrected chi connectivity index (χ2v) is 5.98. The maximum absolute atomic E-state index is 10.8. The Labute approximate surface area is 148 Å². The van der Waals surface area contributed by atoms with Crippen molar-refractivity contribution >= 4 is 46.3 Å². The quantitative estimate of drug-likeness (QED) is 0.350. The normalized spacial score (nSPS) is 11.3. The highest BCUT2D eigenvalue weighted by atomic mass is 35.5. The molecule has 0 spiro atoms. The molecule has 0 atom stereocenters. The Kier molecular flexibility index (Phi) is 6.21. The minimum Gasteiger partial charge on any atom is -0.338 e. The first kappa shape index (κ1) is 17.5. The number of amidine groups is 1. The minimum atomic E-state index is -0.462. The number of hydrogen-bond acceptors (Lipinski definition) is 3. The van der Waals surface area contributed by atoms with Gasteiger partial charge >= 0.3 is 0 Å². The van der Waals surface area contributed by atoms with Gasteiger partial charge < -0.3 is 5.32 Å². The van der Waals surface area contributed by atoms with Gasteiger partial charge in [0, 0.05) is 25.7 Å². The SMILES string of the molecule is O=[N+]([O-])CC(=NCc1cccc(Cl)c1)Nc1cc(Cl)cc(Cl)c1. The lowest BCUT2D eigenvalue weighted by atomic mass is 10.2. The Morgan fingerprint density at radius 3 is 2.39 bits per heavy atom. The number of nitrogens with zero attached hydrogens (tertiary/aromatic N) is 2. The molecule has 0 aliphatic carbocycles. The van der Waals surface area contributed by atoms with Gasteiger partial charge in [-0.1, -0.05) is 46.9 Å². The summed E-state index contributed by atoms with van der Waals surface area (Å²) in [6, 6.07) is 11.9. The molecule has 0 heterocycles. The van der Waals surface area contributed by atoms with Crippen LogP contribution in [0.15, 0.2) is 47.5 Å². The number of aliphatic imine (C=N–C) groups is 1. The fourth-order valence-corrected chi connectivity index (χ4v) is 2.60. The molecule has 1 N–H and O–H groups in total. The van der Waals surface area contributed by atoms with E-state index in [4.69, 9.17) is 34.8 Å². The van der Waals surface area contributed by atoms with Crippen molar-refractivity contribution in [2.45, 2.75) is 6.54 Å². The lowest BCUT2D eigenvalue weighted by Gasteiger charge is -2.08. The van der Waals surface area contributed by atoms with Gasteiger partial charge in [0.15, 0.2) is 5.84 Å². The summed E-state index contributed by atoms with van der Waals surface area (Å²) in [5, 5.41) is 15.1. The first-order valence-corrected chi connectivity index (χ1v) is 7.68. The molecular formula is C15H12Cl3N3O2. The molecule has 0 aromatic heterocycles. The zero-order chi connectivity index (χ0) is 16.8. The Hall–Kier alpha value is -1.82. The topological polar surface area (TPSA) is 67.5 Å². The van der Waals surface area contributed by atoms with Crippen molar-refractivity contribution in [2.24, 2.45) is 4.99 Å². The van der Waals surface area contributed by atoms with Crippen LogP contribution >= 0.6 is 34.8 Å². The largest absolute Gasteiger partial charge is 0.338 e. The van der Waals surface area contributed by atoms with Crippen molar-refractivity contribution < 1.29 is 4.92 Å². The maximum atomic E-state index is 10.8. The lowest BCUT2D eigenvalue weighted by molar-refractivity contribution is -0.463. The number of hydrogen-bond donors (Lipinski definition) is 1. The van der Waals surface area contributed by atoms with E-state index in [0.717, 1.165) is 5.56 Å². The van der Waals surface area contributed by atoms with Gasteiger partial charge in [0.05, 0.1) is 6.54 Å². The van der Waals surface area contributed by atoms with Crippen molar-refractivity contribution in [3.05, 3.63) is 73.2 Å². The summed E-state index contributed by atoms with van der Waals surface area (Å²) in [5.41, 5.74) is 1.39. The van der Waals surface area contributed by atoms with Gasteiger partial charge in [-0.05, 0) is 35.9 Å². The first-order valence-electron chi connectivity index (χ1n) is 6.55. The molecule has 0 aliphatic heterocycles. The highest BCUT2D eigenvalue weighted by Crippen LogP contribution is 2.22. The Balaban J connectivity index is 2.18. The fraction of sp³-hybridized carbons (Fsp3) is 0.133. The van der Waals surface area contributed by atoms with E-state index in [1.54, 1.807) is 36.4 Å². The van der Waals surface area contributed by atoms with Gasteiger partial charge in [-0.25, -0.2) is 0 Å². The Morgan fingerprint density at radius 2 is 1.78 bits per heavy atom. The van der Waals surface area contributed by atoms with Gasteiger partial charge in [-0.15, -0.1) is 0 Å². The summed E-state index contributed by atoms with van der Waals surface area (Å²) in [7, 11) is 0. The van der Waals surface area contributed by atoms with Crippen LogP contribution in [-0.2, 0) is 6.54 Å². The maximum Gasteiger partial charge on any atom is 0.260 e. The molecule has 23 heavy (non-hydrogen) atoms. The molecule has 8 heteroatoms. The van der Waals surface area contributed by atoms with Crippen molar-refractivity contribution in [3.8, 4) is 0 Å². The van der Waals surface area contributed by atoms with Crippen molar-refractivity contribution in [2.75, 3.05) is 11.9 Å². The van der Waals surface area contributed by atoms with Gasteiger partial charge in [-0.3, -0.25) is 15.1 Å². The molecule has 0 unspecified atom stereocenters. The van der Waals surface area contributed by atoms with Gasteiger partial charge in [0.1, 0.15) is 0 Å². The van der Waals surface area contributed by atoms with Crippen molar-refractivity contribution in [1.82, 2.24) is 0 Å². The van der Waals surface area contributed by atoms with Crippen LogP contribution in [0.1, 0.15) is 5.56 Å². The molecule has 0 saturated carbocycles. The van der Waals surface area contributed by atoms with E-state index >= 15 is 0 Å². The predicted molar refractivity (Wildman–Crippen MR) is 94.5 cm³/mol. The summed E-state index contributed by atoms with van der Waals surface area (Å²) in [4.78, 5) is 14.6. The van der Waals surface area contributed by atoms with Crippen LogP contribution in [-0.4, -0.2) is 17.3 Å². The number of benzene rings is 2. The summed E-state index contributed by atoms with van der Waals surface area (Å²) >= 11 is 17.7. The van der Waals surface area contributed by atoms with E-state index < -0.39 is 11.5 Å². The molecule has 2 aromatic rings. The van der Waals surface area contributed by atoms with E-state index in [9.17, 15) is 10.1 Å². The van der Waals surface area contributed by atoms with Crippen LogP contribution < -0.4 is 5.32 Å².